The van der Waals surface area contributed by atoms with Gasteiger partial charge in [0.05, 0.1) is 31.6 Å². The molecule has 118 valence electrons. The van der Waals surface area contributed by atoms with Crippen molar-refractivity contribution in [3.8, 4) is 11.5 Å². The highest BCUT2D eigenvalue weighted by Gasteiger charge is 2.17. The number of ether oxygens (including phenoxy) is 2. The largest absolute Gasteiger partial charge is 0.496 e. The van der Waals surface area contributed by atoms with Crippen LogP contribution >= 0.6 is 0 Å². The van der Waals surface area contributed by atoms with Crippen molar-refractivity contribution in [2.75, 3.05) is 14.2 Å². The Morgan fingerprint density at radius 1 is 1.17 bits per heavy atom. The summed E-state index contributed by atoms with van der Waals surface area (Å²) in [6.07, 6.45) is 1.65. The van der Waals surface area contributed by atoms with Crippen LogP contribution in [0.2, 0.25) is 0 Å². The first-order valence-electron chi connectivity index (χ1n) is 7.14. The van der Waals surface area contributed by atoms with E-state index in [1.54, 1.807) is 24.5 Å². The van der Waals surface area contributed by atoms with Gasteiger partial charge in [0, 0.05) is 6.54 Å². The molecule has 23 heavy (non-hydrogen) atoms. The van der Waals surface area contributed by atoms with E-state index < -0.39 is 0 Å². The van der Waals surface area contributed by atoms with Crippen molar-refractivity contribution < 1.29 is 14.3 Å². The topological polar surface area (TPSA) is 76.2 Å². The van der Waals surface area contributed by atoms with Gasteiger partial charge >= 0.3 is 0 Å². The van der Waals surface area contributed by atoms with Crippen LogP contribution in [0.5, 0.6) is 11.5 Å². The number of hydrogen-bond donors (Lipinski definition) is 2. The summed E-state index contributed by atoms with van der Waals surface area (Å²) in [5, 5.41) is 2.89. The maximum absolute atomic E-state index is 12.5. The number of nitrogens with one attached hydrogen (secondary N) is 2. The number of carbonyl (C=O) groups is 1. The fraction of sp³-hybridized carbons (Fsp3) is 0.176. The lowest BCUT2D eigenvalue weighted by atomic mass is 10.1. The monoisotopic (exact) mass is 311 g/mol. The number of amides is 1. The molecule has 1 aromatic heterocycles. The maximum Gasteiger partial charge on any atom is 0.259 e. The molecule has 0 saturated heterocycles. The van der Waals surface area contributed by atoms with Crippen molar-refractivity contribution in [3.05, 3.63) is 53.9 Å². The Bertz CT molecular complexity index is 820. The molecule has 0 radical (unpaired) electrons. The average molecular weight is 311 g/mol. The second-order valence-electron chi connectivity index (χ2n) is 4.97. The fourth-order valence-electron chi connectivity index (χ4n) is 2.44. The van der Waals surface area contributed by atoms with Gasteiger partial charge in [-0.15, -0.1) is 0 Å². The standard InChI is InChI=1S/C17H17N3O3/c1-22-14-4-3-5-15(23-2)16(14)17(21)18-9-11-6-7-12-13(8-11)20-10-19-12/h3-8,10H,9H2,1-2H3,(H,18,21)(H,19,20). The zero-order valence-electron chi connectivity index (χ0n) is 12.9. The number of rotatable bonds is 5. The summed E-state index contributed by atoms with van der Waals surface area (Å²) in [5.41, 5.74) is 3.20. The van der Waals surface area contributed by atoms with Crippen LogP contribution in [0.15, 0.2) is 42.7 Å². The lowest BCUT2D eigenvalue weighted by molar-refractivity contribution is 0.0944. The minimum absolute atomic E-state index is 0.246. The Kier molecular flexibility index (Phi) is 4.14. The summed E-state index contributed by atoms with van der Waals surface area (Å²) in [7, 11) is 3.05. The number of nitrogens with zero attached hydrogens (tertiary/aromatic N) is 1. The third kappa shape index (κ3) is 2.96. The molecule has 2 aromatic carbocycles. The second kappa shape index (κ2) is 6.39. The molecule has 0 aliphatic heterocycles. The third-order valence-electron chi connectivity index (χ3n) is 3.59. The molecule has 0 aliphatic carbocycles. The molecule has 0 spiro atoms. The van der Waals surface area contributed by atoms with E-state index in [0.717, 1.165) is 16.6 Å². The normalized spacial score (nSPS) is 10.5. The highest BCUT2D eigenvalue weighted by atomic mass is 16.5. The van der Waals surface area contributed by atoms with E-state index in [2.05, 4.69) is 15.3 Å². The van der Waals surface area contributed by atoms with Crippen molar-refractivity contribution in [1.29, 1.82) is 0 Å². The van der Waals surface area contributed by atoms with E-state index in [1.165, 1.54) is 14.2 Å². The van der Waals surface area contributed by atoms with Crippen molar-refractivity contribution >= 4 is 16.9 Å². The highest BCUT2D eigenvalue weighted by Crippen LogP contribution is 2.28. The third-order valence-corrected chi connectivity index (χ3v) is 3.59. The maximum atomic E-state index is 12.5. The van der Waals surface area contributed by atoms with E-state index >= 15 is 0 Å². The molecule has 6 nitrogen and oxygen atoms in total. The number of fused-ring (bicyclic) bond motifs is 1. The van der Waals surface area contributed by atoms with E-state index in [1.807, 2.05) is 18.2 Å². The molecule has 1 amide bonds. The molecule has 0 saturated carbocycles. The van der Waals surface area contributed by atoms with Gasteiger partial charge in [0.1, 0.15) is 17.1 Å². The molecule has 3 aromatic rings. The van der Waals surface area contributed by atoms with Gasteiger partial charge in [-0.05, 0) is 29.8 Å². The second-order valence-corrected chi connectivity index (χ2v) is 4.97. The lowest BCUT2D eigenvalue weighted by Gasteiger charge is -2.13. The quantitative estimate of drug-likeness (QED) is 0.759. The predicted molar refractivity (Wildman–Crippen MR) is 86.8 cm³/mol. The van der Waals surface area contributed by atoms with Crippen LogP contribution in [0.25, 0.3) is 11.0 Å². The van der Waals surface area contributed by atoms with Crippen LogP contribution in [0.4, 0.5) is 0 Å². The Morgan fingerprint density at radius 3 is 2.61 bits per heavy atom. The molecule has 0 atom stereocenters. The molecule has 2 N–H and O–H groups in total. The van der Waals surface area contributed by atoms with Crippen molar-refractivity contribution in [1.82, 2.24) is 15.3 Å². The van der Waals surface area contributed by atoms with Gasteiger partial charge in [0.25, 0.3) is 5.91 Å². The van der Waals surface area contributed by atoms with Crippen LogP contribution in [0.1, 0.15) is 15.9 Å². The SMILES string of the molecule is COc1cccc(OC)c1C(=O)NCc1ccc2nc[nH]c2c1. The van der Waals surface area contributed by atoms with Crippen LogP contribution in [0, 0.1) is 0 Å². The number of carbonyl (C=O) groups excluding carboxylic acids is 1. The lowest BCUT2D eigenvalue weighted by Crippen LogP contribution is -2.24. The Hall–Kier alpha value is -3.02. The molecule has 0 unspecified atom stereocenters. The molecular weight excluding hydrogens is 294 g/mol. The summed E-state index contributed by atoms with van der Waals surface area (Å²) in [4.78, 5) is 19.7. The number of benzene rings is 2. The number of H-pyrrole nitrogens is 1. The van der Waals surface area contributed by atoms with Crippen LogP contribution in [-0.2, 0) is 6.54 Å². The number of imidazole rings is 1. The molecule has 1 heterocycles. The molecule has 0 bridgehead atoms. The van der Waals surface area contributed by atoms with E-state index in [-0.39, 0.29) is 5.91 Å². The number of hydrogen-bond acceptors (Lipinski definition) is 4. The summed E-state index contributed by atoms with van der Waals surface area (Å²) in [6, 6.07) is 11.0. The summed E-state index contributed by atoms with van der Waals surface area (Å²) in [5.74, 6) is 0.709. The Morgan fingerprint density at radius 2 is 1.91 bits per heavy atom. The van der Waals surface area contributed by atoms with Crippen molar-refractivity contribution in [3.63, 3.8) is 0 Å². The minimum atomic E-state index is -0.246. The van der Waals surface area contributed by atoms with Crippen molar-refractivity contribution in [2.45, 2.75) is 6.54 Å². The zero-order chi connectivity index (χ0) is 16.2. The molecular formula is C17H17N3O3. The van der Waals surface area contributed by atoms with E-state index in [0.29, 0.717) is 23.6 Å². The molecule has 0 aliphatic rings. The molecule has 3 rings (SSSR count). The van der Waals surface area contributed by atoms with Gasteiger partial charge in [0.2, 0.25) is 0 Å². The Balaban J connectivity index is 1.79. The molecule has 6 heteroatoms. The van der Waals surface area contributed by atoms with Gasteiger partial charge in [-0.25, -0.2) is 4.98 Å². The summed E-state index contributed by atoms with van der Waals surface area (Å²) >= 11 is 0. The minimum Gasteiger partial charge on any atom is -0.496 e. The number of aromatic amines is 1. The first kappa shape index (κ1) is 14.9. The fourth-order valence-corrected chi connectivity index (χ4v) is 2.44. The summed E-state index contributed by atoms with van der Waals surface area (Å²) < 4.78 is 10.5. The van der Waals surface area contributed by atoms with Crippen LogP contribution in [-0.4, -0.2) is 30.1 Å². The van der Waals surface area contributed by atoms with E-state index in [4.69, 9.17) is 9.47 Å². The first-order chi connectivity index (χ1) is 11.2. The van der Waals surface area contributed by atoms with Crippen LogP contribution < -0.4 is 14.8 Å². The van der Waals surface area contributed by atoms with E-state index in [9.17, 15) is 4.79 Å². The Labute approximate surface area is 133 Å². The first-order valence-corrected chi connectivity index (χ1v) is 7.14. The number of aromatic nitrogens is 2. The number of methoxy groups -OCH3 is 2. The van der Waals surface area contributed by atoms with Gasteiger partial charge in [0.15, 0.2) is 0 Å². The van der Waals surface area contributed by atoms with Crippen LogP contribution in [0.3, 0.4) is 0 Å². The summed E-state index contributed by atoms with van der Waals surface area (Å²) in [6.45, 7) is 0.398. The van der Waals surface area contributed by atoms with Gasteiger partial charge in [-0.2, -0.15) is 0 Å². The highest BCUT2D eigenvalue weighted by molar-refractivity contribution is 5.99. The van der Waals surface area contributed by atoms with Gasteiger partial charge < -0.3 is 19.8 Å². The zero-order valence-corrected chi connectivity index (χ0v) is 12.9. The van der Waals surface area contributed by atoms with Gasteiger partial charge in [-0.3, -0.25) is 4.79 Å². The predicted octanol–water partition coefficient (Wildman–Crippen LogP) is 2.51. The molecule has 0 fully saturated rings. The smallest absolute Gasteiger partial charge is 0.259 e. The van der Waals surface area contributed by atoms with Crippen molar-refractivity contribution in [2.24, 2.45) is 0 Å². The average Bonchev–Trinajstić information content (AvgIpc) is 3.06. The van der Waals surface area contributed by atoms with Gasteiger partial charge in [-0.1, -0.05) is 12.1 Å².